The van der Waals surface area contributed by atoms with Crippen molar-refractivity contribution in [1.82, 2.24) is 4.98 Å². The van der Waals surface area contributed by atoms with Crippen LogP contribution in [0.1, 0.15) is 11.3 Å². The second kappa shape index (κ2) is 5.80. The Hall–Kier alpha value is -1.39. The molecule has 0 saturated heterocycles. The van der Waals surface area contributed by atoms with E-state index in [0.717, 1.165) is 21.5 Å². The topological polar surface area (TPSA) is 45.1 Å². The van der Waals surface area contributed by atoms with Gasteiger partial charge in [0.05, 0.1) is 18.8 Å². The zero-order chi connectivity index (χ0) is 12.1. The fourth-order valence-electron chi connectivity index (χ4n) is 1.52. The van der Waals surface area contributed by atoms with E-state index in [1.54, 1.807) is 0 Å². The summed E-state index contributed by atoms with van der Waals surface area (Å²) in [6.07, 6.45) is 0. The summed E-state index contributed by atoms with van der Waals surface area (Å²) in [5.41, 5.74) is 2.85. The number of aliphatic hydroxyl groups is 1. The second-order valence-corrected chi connectivity index (χ2v) is 4.48. The van der Waals surface area contributed by atoms with Gasteiger partial charge in [0.15, 0.2) is 0 Å². The molecule has 88 valence electrons. The second-order valence-electron chi connectivity index (χ2n) is 3.66. The molecule has 0 saturated carbocycles. The number of hydrogen-bond donors (Lipinski definition) is 2. The minimum absolute atomic E-state index is 0.0602. The SMILES string of the molecule is OCc1cccc(NCc2cccc(Br)n2)c1. The summed E-state index contributed by atoms with van der Waals surface area (Å²) in [4.78, 5) is 4.34. The normalized spacial score (nSPS) is 10.2. The van der Waals surface area contributed by atoms with Crippen molar-refractivity contribution in [3.63, 3.8) is 0 Å². The third kappa shape index (κ3) is 3.54. The van der Waals surface area contributed by atoms with Crippen LogP contribution in [0.5, 0.6) is 0 Å². The van der Waals surface area contributed by atoms with Crippen molar-refractivity contribution in [3.05, 3.63) is 58.3 Å². The zero-order valence-electron chi connectivity index (χ0n) is 9.23. The van der Waals surface area contributed by atoms with E-state index in [4.69, 9.17) is 5.11 Å². The first-order chi connectivity index (χ1) is 8.28. The highest BCUT2D eigenvalue weighted by atomic mass is 79.9. The molecule has 17 heavy (non-hydrogen) atoms. The number of halogens is 1. The number of benzene rings is 1. The molecule has 3 nitrogen and oxygen atoms in total. The molecule has 0 unspecified atom stereocenters. The number of rotatable bonds is 4. The molecule has 0 atom stereocenters. The number of pyridine rings is 1. The maximum absolute atomic E-state index is 9.04. The van der Waals surface area contributed by atoms with Gasteiger partial charge in [0.25, 0.3) is 0 Å². The maximum Gasteiger partial charge on any atom is 0.106 e. The standard InChI is InChI=1S/C13H13BrN2O/c14-13-6-2-5-12(16-13)8-15-11-4-1-3-10(7-11)9-17/h1-7,15,17H,8-9H2. The van der Waals surface area contributed by atoms with Crippen molar-refractivity contribution in [1.29, 1.82) is 0 Å². The van der Waals surface area contributed by atoms with E-state index in [9.17, 15) is 0 Å². The van der Waals surface area contributed by atoms with Crippen molar-refractivity contribution >= 4 is 21.6 Å². The van der Waals surface area contributed by atoms with Crippen molar-refractivity contribution in [2.24, 2.45) is 0 Å². The highest BCUT2D eigenvalue weighted by Gasteiger charge is 1.97. The molecule has 2 rings (SSSR count). The Morgan fingerprint density at radius 2 is 2.00 bits per heavy atom. The zero-order valence-corrected chi connectivity index (χ0v) is 10.8. The Kier molecular flexibility index (Phi) is 4.12. The fourth-order valence-corrected chi connectivity index (χ4v) is 1.90. The summed E-state index contributed by atoms with van der Waals surface area (Å²) >= 11 is 3.34. The van der Waals surface area contributed by atoms with Crippen molar-refractivity contribution in [3.8, 4) is 0 Å². The first kappa shape index (κ1) is 12.1. The molecule has 0 spiro atoms. The van der Waals surface area contributed by atoms with Crippen LogP contribution < -0.4 is 5.32 Å². The van der Waals surface area contributed by atoms with Gasteiger partial charge in [-0.1, -0.05) is 18.2 Å². The Bertz CT molecular complexity index is 502. The average Bonchev–Trinajstić information content (AvgIpc) is 2.37. The lowest BCUT2D eigenvalue weighted by Crippen LogP contribution is -2.01. The van der Waals surface area contributed by atoms with Gasteiger partial charge in [0.1, 0.15) is 4.60 Å². The monoisotopic (exact) mass is 292 g/mol. The maximum atomic E-state index is 9.04. The van der Waals surface area contributed by atoms with Crippen LogP contribution in [-0.4, -0.2) is 10.1 Å². The van der Waals surface area contributed by atoms with Gasteiger partial charge in [-0.3, -0.25) is 0 Å². The van der Waals surface area contributed by atoms with Gasteiger partial charge < -0.3 is 10.4 Å². The van der Waals surface area contributed by atoms with Gasteiger partial charge in [0, 0.05) is 5.69 Å². The Morgan fingerprint density at radius 3 is 2.76 bits per heavy atom. The van der Waals surface area contributed by atoms with Gasteiger partial charge in [-0.25, -0.2) is 4.98 Å². The molecule has 2 N–H and O–H groups in total. The van der Waals surface area contributed by atoms with E-state index in [1.807, 2.05) is 42.5 Å². The first-order valence-corrected chi connectivity index (χ1v) is 6.12. The number of nitrogens with one attached hydrogen (secondary N) is 1. The molecule has 2 aromatic rings. The largest absolute Gasteiger partial charge is 0.392 e. The van der Waals surface area contributed by atoms with Crippen LogP contribution in [0.25, 0.3) is 0 Å². The molecule has 0 fully saturated rings. The van der Waals surface area contributed by atoms with Crippen LogP contribution >= 0.6 is 15.9 Å². The van der Waals surface area contributed by atoms with Gasteiger partial charge >= 0.3 is 0 Å². The molecule has 1 heterocycles. The van der Waals surface area contributed by atoms with Crippen LogP contribution in [-0.2, 0) is 13.2 Å². The summed E-state index contributed by atoms with van der Waals surface area (Å²) in [6.45, 7) is 0.721. The quantitative estimate of drug-likeness (QED) is 0.852. The first-order valence-electron chi connectivity index (χ1n) is 5.33. The van der Waals surface area contributed by atoms with Gasteiger partial charge in [-0.15, -0.1) is 0 Å². The Balaban J connectivity index is 2.02. The van der Waals surface area contributed by atoms with Crippen LogP contribution in [0.2, 0.25) is 0 Å². The molecule has 0 bridgehead atoms. The van der Waals surface area contributed by atoms with Crippen LogP contribution in [0, 0.1) is 0 Å². The minimum Gasteiger partial charge on any atom is -0.392 e. The van der Waals surface area contributed by atoms with E-state index in [1.165, 1.54) is 0 Å². The number of hydrogen-bond acceptors (Lipinski definition) is 3. The lowest BCUT2D eigenvalue weighted by molar-refractivity contribution is 0.282. The van der Waals surface area contributed by atoms with E-state index in [2.05, 4.69) is 26.2 Å². The molecule has 1 aromatic heterocycles. The Morgan fingerprint density at radius 1 is 1.18 bits per heavy atom. The molecule has 0 aliphatic rings. The predicted octanol–water partition coefficient (Wildman–Crippen LogP) is 2.95. The van der Waals surface area contributed by atoms with E-state index >= 15 is 0 Å². The van der Waals surface area contributed by atoms with Crippen LogP contribution in [0.3, 0.4) is 0 Å². The summed E-state index contributed by atoms with van der Waals surface area (Å²) in [7, 11) is 0. The van der Waals surface area contributed by atoms with Crippen LogP contribution in [0.4, 0.5) is 5.69 Å². The molecule has 0 aliphatic carbocycles. The molecule has 1 aromatic carbocycles. The molecule has 4 heteroatoms. The van der Waals surface area contributed by atoms with E-state index in [-0.39, 0.29) is 6.61 Å². The number of nitrogens with zero attached hydrogens (tertiary/aromatic N) is 1. The number of anilines is 1. The highest BCUT2D eigenvalue weighted by molar-refractivity contribution is 9.10. The van der Waals surface area contributed by atoms with Crippen molar-refractivity contribution in [2.45, 2.75) is 13.2 Å². The third-order valence-corrected chi connectivity index (χ3v) is 2.80. The minimum atomic E-state index is 0.0602. The summed E-state index contributed by atoms with van der Waals surface area (Å²) < 4.78 is 0.834. The van der Waals surface area contributed by atoms with Crippen molar-refractivity contribution < 1.29 is 5.11 Å². The summed E-state index contributed by atoms with van der Waals surface area (Å²) in [5, 5.41) is 12.3. The molecule has 0 amide bonds. The predicted molar refractivity (Wildman–Crippen MR) is 71.6 cm³/mol. The summed E-state index contributed by atoms with van der Waals surface area (Å²) in [5.74, 6) is 0. The lowest BCUT2D eigenvalue weighted by atomic mass is 10.2. The van der Waals surface area contributed by atoms with Gasteiger partial charge in [-0.05, 0) is 45.8 Å². The highest BCUT2D eigenvalue weighted by Crippen LogP contribution is 2.12. The molecular weight excluding hydrogens is 280 g/mol. The van der Waals surface area contributed by atoms with E-state index < -0.39 is 0 Å². The molecule has 0 radical (unpaired) electrons. The van der Waals surface area contributed by atoms with E-state index in [0.29, 0.717) is 6.54 Å². The smallest absolute Gasteiger partial charge is 0.106 e. The summed E-state index contributed by atoms with van der Waals surface area (Å²) in [6, 6.07) is 13.5. The van der Waals surface area contributed by atoms with Gasteiger partial charge in [0.2, 0.25) is 0 Å². The number of aliphatic hydroxyl groups excluding tert-OH is 1. The lowest BCUT2D eigenvalue weighted by Gasteiger charge is -2.07. The fraction of sp³-hybridized carbons (Fsp3) is 0.154. The van der Waals surface area contributed by atoms with Gasteiger partial charge in [-0.2, -0.15) is 0 Å². The average molecular weight is 293 g/mol. The van der Waals surface area contributed by atoms with Crippen molar-refractivity contribution in [2.75, 3.05) is 5.32 Å². The third-order valence-electron chi connectivity index (χ3n) is 2.36. The molecule has 0 aliphatic heterocycles. The number of aromatic nitrogens is 1. The van der Waals surface area contributed by atoms with Crippen LogP contribution in [0.15, 0.2) is 47.1 Å². The molecular formula is C13H13BrN2O. The Labute approximate surface area is 109 Å².